The Morgan fingerprint density at radius 2 is 2.12 bits per heavy atom. The van der Waals surface area contributed by atoms with Gasteiger partial charge >= 0.3 is 0 Å². The lowest BCUT2D eigenvalue weighted by Crippen LogP contribution is -2.16. The molecule has 1 aliphatic carbocycles. The number of nitrogens with two attached hydrogens (primary N) is 1. The number of anilines is 1. The number of benzene rings is 1. The van der Waals surface area contributed by atoms with Crippen LogP contribution in [0.4, 0.5) is 5.69 Å². The third-order valence-electron chi connectivity index (χ3n) is 3.12. The van der Waals surface area contributed by atoms with E-state index in [0.717, 1.165) is 6.42 Å². The summed E-state index contributed by atoms with van der Waals surface area (Å²) in [4.78, 5) is 0.183. The summed E-state index contributed by atoms with van der Waals surface area (Å²) in [6, 6.07) is 7.20. The molecule has 2 rings (SSSR count). The van der Waals surface area contributed by atoms with E-state index in [9.17, 15) is 8.42 Å². The van der Waals surface area contributed by atoms with Crippen molar-refractivity contribution in [2.24, 2.45) is 11.1 Å². The number of rotatable bonds is 5. The Morgan fingerprint density at radius 3 is 2.76 bits per heavy atom. The topological polar surface area (TPSA) is 72.2 Å². The van der Waals surface area contributed by atoms with Crippen LogP contribution in [0.5, 0.6) is 0 Å². The van der Waals surface area contributed by atoms with E-state index in [0.29, 0.717) is 17.6 Å². The molecule has 1 aromatic rings. The van der Waals surface area contributed by atoms with Crippen LogP contribution < -0.4 is 10.5 Å². The van der Waals surface area contributed by atoms with Gasteiger partial charge in [0.05, 0.1) is 5.69 Å². The molecule has 5 heteroatoms. The smallest absolute Gasteiger partial charge is 0.240 e. The first kappa shape index (κ1) is 12.4. The van der Waals surface area contributed by atoms with Gasteiger partial charge in [0.2, 0.25) is 10.0 Å². The Bertz CT molecular complexity index is 499. The molecule has 0 heterocycles. The van der Waals surface area contributed by atoms with E-state index in [1.165, 1.54) is 18.9 Å². The molecule has 94 valence electrons. The summed E-state index contributed by atoms with van der Waals surface area (Å²) in [6.45, 7) is 2.16. The van der Waals surface area contributed by atoms with Crippen molar-refractivity contribution in [1.29, 1.82) is 0 Å². The third kappa shape index (κ3) is 2.98. The van der Waals surface area contributed by atoms with E-state index in [4.69, 9.17) is 5.14 Å². The molecule has 1 fully saturated rings. The minimum atomic E-state index is -3.64. The molecular formula is C12H18N2O2S. The number of sulfonamides is 1. The van der Waals surface area contributed by atoms with Crippen LogP contribution in [0.25, 0.3) is 0 Å². The SMILES string of the molecule is CCCC1CC1Nc1ccccc1S(N)(=O)=O. The Hall–Kier alpha value is -1.07. The highest BCUT2D eigenvalue weighted by molar-refractivity contribution is 7.89. The van der Waals surface area contributed by atoms with Gasteiger partial charge in [0.1, 0.15) is 4.90 Å². The van der Waals surface area contributed by atoms with Gasteiger partial charge < -0.3 is 5.32 Å². The van der Waals surface area contributed by atoms with E-state index < -0.39 is 10.0 Å². The number of nitrogens with one attached hydrogen (secondary N) is 1. The quantitative estimate of drug-likeness (QED) is 0.843. The van der Waals surface area contributed by atoms with Gasteiger partial charge in [0.15, 0.2) is 0 Å². The van der Waals surface area contributed by atoms with E-state index in [1.54, 1.807) is 12.1 Å². The van der Waals surface area contributed by atoms with Gasteiger partial charge in [0.25, 0.3) is 0 Å². The summed E-state index contributed by atoms with van der Waals surface area (Å²) in [6.07, 6.45) is 3.47. The zero-order valence-corrected chi connectivity index (χ0v) is 10.7. The summed E-state index contributed by atoms with van der Waals surface area (Å²) in [5.41, 5.74) is 0.624. The molecule has 1 aliphatic rings. The first-order valence-corrected chi connectivity index (χ1v) is 7.45. The van der Waals surface area contributed by atoms with Gasteiger partial charge in [0, 0.05) is 6.04 Å². The fraction of sp³-hybridized carbons (Fsp3) is 0.500. The largest absolute Gasteiger partial charge is 0.381 e. The van der Waals surface area contributed by atoms with Gasteiger partial charge in [-0.1, -0.05) is 25.5 Å². The van der Waals surface area contributed by atoms with Crippen molar-refractivity contribution >= 4 is 15.7 Å². The van der Waals surface area contributed by atoms with Crippen LogP contribution in [0.1, 0.15) is 26.2 Å². The highest BCUT2D eigenvalue weighted by atomic mass is 32.2. The summed E-state index contributed by atoms with van der Waals surface area (Å²) in [7, 11) is -3.64. The molecular weight excluding hydrogens is 236 g/mol. The maximum Gasteiger partial charge on any atom is 0.240 e. The molecule has 0 aromatic heterocycles. The predicted molar refractivity (Wildman–Crippen MR) is 68.2 cm³/mol. The van der Waals surface area contributed by atoms with Crippen LogP contribution in [-0.2, 0) is 10.0 Å². The van der Waals surface area contributed by atoms with Crippen molar-refractivity contribution in [2.75, 3.05) is 5.32 Å². The fourth-order valence-corrected chi connectivity index (χ4v) is 2.85. The molecule has 0 aliphatic heterocycles. The molecule has 0 saturated heterocycles. The Labute approximate surface area is 102 Å². The molecule has 3 N–H and O–H groups in total. The molecule has 2 unspecified atom stereocenters. The van der Waals surface area contributed by atoms with Crippen LogP contribution in [0.15, 0.2) is 29.2 Å². The molecule has 0 radical (unpaired) electrons. The fourth-order valence-electron chi connectivity index (χ4n) is 2.15. The number of primary sulfonamides is 1. The van der Waals surface area contributed by atoms with Crippen LogP contribution in [0.2, 0.25) is 0 Å². The van der Waals surface area contributed by atoms with Crippen LogP contribution in [0.3, 0.4) is 0 Å². The summed E-state index contributed by atoms with van der Waals surface area (Å²) in [5.74, 6) is 0.675. The average molecular weight is 254 g/mol. The van der Waals surface area contributed by atoms with Crippen LogP contribution >= 0.6 is 0 Å². The number of hydrogen-bond donors (Lipinski definition) is 2. The van der Waals surface area contributed by atoms with Crippen molar-refractivity contribution in [3.05, 3.63) is 24.3 Å². The lowest BCUT2D eigenvalue weighted by atomic mass is 10.2. The Morgan fingerprint density at radius 1 is 1.41 bits per heavy atom. The minimum absolute atomic E-state index is 0.183. The van der Waals surface area contributed by atoms with Gasteiger partial charge in [-0.3, -0.25) is 0 Å². The minimum Gasteiger partial charge on any atom is -0.381 e. The van der Waals surface area contributed by atoms with E-state index >= 15 is 0 Å². The zero-order chi connectivity index (χ0) is 12.5. The third-order valence-corrected chi connectivity index (χ3v) is 4.09. The molecule has 4 nitrogen and oxygen atoms in total. The molecule has 1 aromatic carbocycles. The maximum atomic E-state index is 11.4. The number of hydrogen-bond acceptors (Lipinski definition) is 3. The van der Waals surface area contributed by atoms with Gasteiger partial charge in [-0.05, 0) is 30.9 Å². The van der Waals surface area contributed by atoms with E-state index in [1.807, 2.05) is 6.07 Å². The molecule has 17 heavy (non-hydrogen) atoms. The summed E-state index contributed by atoms with van der Waals surface area (Å²) < 4.78 is 22.8. The average Bonchev–Trinajstić information content (AvgIpc) is 2.96. The number of para-hydroxylation sites is 1. The summed E-state index contributed by atoms with van der Waals surface area (Å²) in [5, 5.41) is 8.45. The van der Waals surface area contributed by atoms with E-state index in [2.05, 4.69) is 12.2 Å². The molecule has 0 spiro atoms. The second-order valence-electron chi connectivity index (χ2n) is 4.58. The van der Waals surface area contributed by atoms with Crippen LogP contribution in [-0.4, -0.2) is 14.5 Å². The molecule has 0 amide bonds. The van der Waals surface area contributed by atoms with Gasteiger partial charge in [-0.15, -0.1) is 0 Å². The van der Waals surface area contributed by atoms with E-state index in [-0.39, 0.29) is 4.90 Å². The van der Waals surface area contributed by atoms with Crippen LogP contribution in [0, 0.1) is 5.92 Å². The van der Waals surface area contributed by atoms with Crippen molar-refractivity contribution in [3.8, 4) is 0 Å². The van der Waals surface area contributed by atoms with Crippen molar-refractivity contribution in [2.45, 2.75) is 37.1 Å². The second kappa shape index (κ2) is 4.66. The van der Waals surface area contributed by atoms with Gasteiger partial charge in [-0.2, -0.15) is 0 Å². The first-order chi connectivity index (χ1) is 8.02. The highest BCUT2D eigenvalue weighted by Gasteiger charge is 2.36. The second-order valence-corrected chi connectivity index (χ2v) is 6.11. The molecule has 0 bridgehead atoms. The first-order valence-electron chi connectivity index (χ1n) is 5.90. The monoisotopic (exact) mass is 254 g/mol. The normalized spacial score (nSPS) is 23.4. The predicted octanol–water partition coefficient (Wildman–Crippen LogP) is 1.93. The van der Waals surface area contributed by atoms with Crippen molar-refractivity contribution in [1.82, 2.24) is 0 Å². The molecule has 2 atom stereocenters. The van der Waals surface area contributed by atoms with Gasteiger partial charge in [-0.25, -0.2) is 13.6 Å². The maximum absolute atomic E-state index is 11.4. The Balaban J connectivity index is 2.12. The lowest BCUT2D eigenvalue weighted by molar-refractivity contribution is 0.598. The van der Waals surface area contributed by atoms with Crippen molar-refractivity contribution in [3.63, 3.8) is 0 Å². The summed E-state index contributed by atoms with van der Waals surface area (Å²) >= 11 is 0. The Kier molecular flexibility index (Phi) is 3.40. The molecule has 1 saturated carbocycles. The standard InChI is InChI=1S/C12H18N2O2S/c1-2-5-9-8-11(9)14-10-6-3-4-7-12(10)17(13,15)16/h3-4,6-7,9,11,14H,2,5,8H2,1H3,(H2,13,15,16). The lowest BCUT2D eigenvalue weighted by Gasteiger charge is -2.10. The zero-order valence-electron chi connectivity index (χ0n) is 9.89. The van der Waals surface area contributed by atoms with Crippen molar-refractivity contribution < 1.29 is 8.42 Å². The highest BCUT2D eigenvalue weighted by Crippen LogP contribution is 2.38.